The molecule has 1 fully saturated rings. The highest BCUT2D eigenvalue weighted by atomic mass is 32.2. The second-order valence-corrected chi connectivity index (χ2v) is 8.05. The second-order valence-electron chi connectivity index (χ2n) is 6.13. The number of hydrogen-bond acceptors (Lipinski definition) is 6. The van der Waals surface area contributed by atoms with Crippen LogP contribution in [0.1, 0.15) is 9.67 Å². The normalized spacial score (nSPS) is 14.5. The van der Waals surface area contributed by atoms with Gasteiger partial charge >= 0.3 is 0 Å². The fourth-order valence-electron chi connectivity index (χ4n) is 3.03. The van der Waals surface area contributed by atoms with Crippen LogP contribution in [0.25, 0.3) is 10.9 Å². The molecule has 0 bridgehead atoms. The van der Waals surface area contributed by atoms with Crippen LogP contribution in [-0.4, -0.2) is 63.5 Å². The number of para-hydroxylation sites is 1. The molecular weight excluding hydrogens is 380 g/mol. The third-order valence-corrected chi connectivity index (χ3v) is 6.34. The third kappa shape index (κ3) is 3.96. The predicted octanol–water partition coefficient (Wildman–Crippen LogP) is 2.77. The van der Waals surface area contributed by atoms with E-state index >= 15 is 0 Å². The van der Waals surface area contributed by atoms with Gasteiger partial charge in [-0.25, -0.2) is 9.97 Å². The van der Waals surface area contributed by atoms with E-state index in [2.05, 4.69) is 9.97 Å². The molecule has 4 rings (SSSR count). The molecule has 2 amide bonds. The summed E-state index contributed by atoms with van der Waals surface area (Å²) < 4.78 is 0. The van der Waals surface area contributed by atoms with Crippen LogP contribution < -0.4 is 0 Å². The van der Waals surface area contributed by atoms with Gasteiger partial charge < -0.3 is 9.80 Å². The van der Waals surface area contributed by atoms with E-state index in [9.17, 15) is 9.59 Å². The minimum absolute atomic E-state index is 0.0546. The maximum Gasteiger partial charge on any atom is 0.264 e. The summed E-state index contributed by atoms with van der Waals surface area (Å²) in [7, 11) is 0. The summed E-state index contributed by atoms with van der Waals surface area (Å²) in [4.78, 5) is 37.9. The first-order chi connectivity index (χ1) is 13.2. The number of carbonyl (C=O) groups is 2. The van der Waals surface area contributed by atoms with Gasteiger partial charge in [-0.05, 0) is 17.5 Å². The number of hydrogen-bond donors (Lipinski definition) is 0. The molecule has 1 aromatic carbocycles. The first-order valence-electron chi connectivity index (χ1n) is 8.65. The lowest BCUT2D eigenvalue weighted by molar-refractivity contribution is -0.129. The van der Waals surface area contributed by atoms with Gasteiger partial charge in [0.15, 0.2) is 0 Å². The standard InChI is InChI=1S/C19H18N4O2S2/c24-17(12-27-18-14-4-1-2-5-15(14)20-13-21-18)22-7-9-23(10-8-22)19(25)16-6-3-11-26-16/h1-6,11,13H,7-10,12H2. The zero-order valence-corrected chi connectivity index (χ0v) is 16.2. The summed E-state index contributed by atoms with van der Waals surface area (Å²) in [6.07, 6.45) is 1.53. The van der Waals surface area contributed by atoms with Gasteiger partial charge in [0.25, 0.3) is 5.91 Å². The van der Waals surface area contributed by atoms with Crippen molar-refractivity contribution in [2.24, 2.45) is 0 Å². The van der Waals surface area contributed by atoms with Gasteiger partial charge in [-0.2, -0.15) is 0 Å². The average molecular weight is 399 g/mol. The Bertz CT molecular complexity index is 948. The fraction of sp³-hybridized carbons (Fsp3) is 0.263. The monoisotopic (exact) mass is 398 g/mol. The molecule has 2 aromatic heterocycles. The molecular formula is C19H18N4O2S2. The molecule has 0 N–H and O–H groups in total. The number of fused-ring (bicyclic) bond motifs is 1. The summed E-state index contributed by atoms with van der Waals surface area (Å²) >= 11 is 2.89. The van der Waals surface area contributed by atoms with Gasteiger partial charge in [0.1, 0.15) is 11.4 Å². The molecule has 0 atom stereocenters. The Kier molecular flexibility index (Phi) is 5.35. The molecule has 1 aliphatic rings. The maximum absolute atomic E-state index is 12.6. The Morgan fingerprint density at radius 2 is 1.78 bits per heavy atom. The largest absolute Gasteiger partial charge is 0.338 e. The van der Waals surface area contributed by atoms with E-state index in [0.29, 0.717) is 31.9 Å². The van der Waals surface area contributed by atoms with E-state index in [0.717, 1.165) is 20.8 Å². The van der Waals surface area contributed by atoms with Gasteiger partial charge in [0.05, 0.1) is 16.1 Å². The Balaban J connectivity index is 1.33. The number of carbonyl (C=O) groups excluding carboxylic acids is 2. The molecule has 0 spiro atoms. The van der Waals surface area contributed by atoms with E-state index < -0.39 is 0 Å². The summed E-state index contributed by atoms with van der Waals surface area (Å²) in [5.41, 5.74) is 0.878. The van der Waals surface area contributed by atoms with Crippen molar-refractivity contribution in [1.82, 2.24) is 19.8 Å². The molecule has 8 heteroatoms. The molecule has 27 heavy (non-hydrogen) atoms. The van der Waals surface area contributed by atoms with Crippen LogP contribution in [0, 0.1) is 0 Å². The summed E-state index contributed by atoms with van der Waals surface area (Å²) in [5.74, 6) is 0.463. The summed E-state index contributed by atoms with van der Waals surface area (Å²) in [6.45, 7) is 2.29. The van der Waals surface area contributed by atoms with Crippen molar-refractivity contribution in [3.05, 3.63) is 53.0 Å². The molecule has 0 saturated carbocycles. The number of piperazine rings is 1. The van der Waals surface area contributed by atoms with Crippen LogP contribution in [0.5, 0.6) is 0 Å². The SMILES string of the molecule is O=C(CSc1ncnc2ccccc12)N1CCN(C(=O)c2cccs2)CC1. The summed E-state index contributed by atoms with van der Waals surface area (Å²) in [5, 5.41) is 3.69. The highest BCUT2D eigenvalue weighted by Gasteiger charge is 2.25. The Morgan fingerprint density at radius 1 is 1.00 bits per heavy atom. The van der Waals surface area contributed by atoms with Crippen molar-refractivity contribution < 1.29 is 9.59 Å². The number of benzene rings is 1. The van der Waals surface area contributed by atoms with E-state index in [1.807, 2.05) is 51.6 Å². The average Bonchev–Trinajstić information content (AvgIpc) is 3.26. The van der Waals surface area contributed by atoms with Crippen molar-refractivity contribution in [3.63, 3.8) is 0 Å². The molecule has 1 aliphatic heterocycles. The maximum atomic E-state index is 12.6. The van der Waals surface area contributed by atoms with Crippen LogP contribution in [0.4, 0.5) is 0 Å². The van der Waals surface area contributed by atoms with E-state index in [-0.39, 0.29) is 11.8 Å². The zero-order chi connectivity index (χ0) is 18.6. The second kappa shape index (κ2) is 8.06. The first-order valence-corrected chi connectivity index (χ1v) is 10.5. The van der Waals surface area contributed by atoms with E-state index in [4.69, 9.17) is 0 Å². The molecule has 138 valence electrons. The minimum atomic E-state index is 0.0546. The summed E-state index contributed by atoms with van der Waals surface area (Å²) in [6, 6.07) is 11.5. The molecule has 3 heterocycles. The highest BCUT2D eigenvalue weighted by Crippen LogP contribution is 2.24. The molecule has 0 unspecified atom stereocenters. The van der Waals surface area contributed by atoms with Crippen LogP contribution in [0.2, 0.25) is 0 Å². The number of nitrogens with zero attached hydrogens (tertiary/aromatic N) is 4. The predicted molar refractivity (Wildman–Crippen MR) is 107 cm³/mol. The van der Waals surface area contributed by atoms with Gasteiger partial charge in [0, 0.05) is 31.6 Å². The third-order valence-electron chi connectivity index (χ3n) is 4.49. The van der Waals surface area contributed by atoms with Gasteiger partial charge in [0.2, 0.25) is 5.91 Å². The number of aromatic nitrogens is 2. The van der Waals surface area contributed by atoms with Crippen LogP contribution >= 0.6 is 23.1 Å². The quantitative estimate of drug-likeness (QED) is 0.499. The topological polar surface area (TPSA) is 66.4 Å². The Labute approximate surface area is 165 Å². The van der Waals surface area contributed by atoms with Gasteiger partial charge in [-0.15, -0.1) is 11.3 Å². The molecule has 0 aliphatic carbocycles. The Hall–Kier alpha value is -2.45. The van der Waals surface area contributed by atoms with Gasteiger partial charge in [-0.1, -0.05) is 36.0 Å². The molecule has 0 radical (unpaired) electrons. The van der Waals surface area contributed by atoms with Crippen molar-refractivity contribution >= 4 is 45.8 Å². The van der Waals surface area contributed by atoms with E-state index in [1.54, 1.807) is 0 Å². The number of thioether (sulfide) groups is 1. The van der Waals surface area contributed by atoms with Crippen LogP contribution in [-0.2, 0) is 4.79 Å². The smallest absolute Gasteiger partial charge is 0.264 e. The lowest BCUT2D eigenvalue weighted by Gasteiger charge is -2.34. The first kappa shape index (κ1) is 17.9. The van der Waals surface area contributed by atoms with Crippen molar-refractivity contribution in [2.45, 2.75) is 5.03 Å². The number of rotatable bonds is 4. The number of amides is 2. The zero-order valence-electron chi connectivity index (χ0n) is 14.6. The van der Waals surface area contributed by atoms with Crippen molar-refractivity contribution in [2.75, 3.05) is 31.9 Å². The van der Waals surface area contributed by atoms with Crippen LogP contribution in [0.15, 0.2) is 53.1 Å². The van der Waals surface area contributed by atoms with Crippen molar-refractivity contribution in [3.8, 4) is 0 Å². The molecule has 1 saturated heterocycles. The lowest BCUT2D eigenvalue weighted by Crippen LogP contribution is -2.51. The molecule has 3 aromatic rings. The minimum Gasteiger partial charge on any atom is -0.338 e. The molecule has 6 nitrogen and oxygen atoms in total. The van der Waals surface area contributed by atoms with Crippen LogP contribution in [0.3, 0.4) is 0 Å². The lowest BCUT2D eigenvalue weighted by atomic mass is 10.2. The van der Waals surface area contributed by atoms with E-state index in [1.165, 1.54) is 29.4 Å². The fourth-order valence-corrected chi connectivity index (χ4v) is 4.61. The van der Waals surface area contributed by atoms with Gasteiger partial charge in [-0.3, -0.25) is 9.59 Å². The Morgan fingerprint density at radius 3 is 2.56 bits per heavy atom. The number of thiophene rings is 1. The van der Waals surface area contributed by atoms with Crippen molar-refractivity contribution in [1.29, 1.82) is 0 Å². The highest BCUT2D eigenvalue weighted by molar-refractivity contribution is 8.00.